The summed E-state index contributed by atoms with van der Waals surface area (Å²) in [4.78, 5) is 36.7. The van der Waals surface area contributed by atoms with Crippen molar-refractivity contribution in [1.82, 2.24) is 5.32 Å². The van der Waals surface area contributed by atoms with E-state index in [1.54, 1.807) is 31.4 Å². The molecule has 0 unspecified atom stereocenters. The van der Waals surface area contributed by atoms with E-state index in [4.69, 9.17) is 4.74 Å². The van der Waals surface area contributed by atoms with E-state index in [2.05, 4.69) is 15.4 Å². The van der Waals surface area contributed by atoms with Gasteiger partial charge in [0.15, 0.2) is 0 Å². The number of carbonyl (C=O) groups is 3. The van der Waals surface area contributed by atoms with Crippen molar-refractivity contribution in [3.05, 3.63) is 59.7 Å². The van der Waals surface area contributed by atoms with Crippen molar-refractivity contribution in [1.29, 1.82) is 0 Å². The van der Waals surface area contributed by atoms with Crippen LogP contribution in [0.3, 0.4) is 0 Å². The molecule has 2 N–H and O–H groups in total. The van der Waals surface area contributed by atoms with Gasteiger partial charge < -0.3 is 20.1 Å². The number of hydrogen-bond acceptors (Lipinski definition) is 5. The number of esters is 1. The standard InChI is InChI=1S/C22H24N2O5/c1-28-18-9-3-15(4-10-18)11-14-23-20(26)22(12-13-22)21(27)24-17-7-5-16(6-8-17)19(25)29-2/h3-10H,11-14H2,1-2H3,(H,23,26)(H,24,27). The van der Waals surface area contributed by atoms with Crippen LogP contribution in [-0.4, -0.2) is 38.5 Å². The predicted octanol–water partition coefficient (Wildman–Crippen LogP) is 2.56. The molecule has 1 aliphatic carbocycles. The van der Waals surface area contributed by atoms with Gasteiger partial charge in [-0.3, -0.25) is 9.59 Å². The minimum Gasteiger partial charge on any atom is -0.497 e. The van der Waals surface area contributed by atoms with Gasteiger partial charge in [-0.2, -0.15) is 0 Å². The maximum absolute atomic E-state index is 12.6. The summed E-state index contributed by atoms with van der Waals surface area (Å²) in [6.07, 6.45) is 1.71. The fourth-order valence-electron chi connectivity index (χ4n) is 3.02. The Morgan fingerprint density at radius 1 is 0.931 bits per heavy atom. The van der Waals surface area contributed by atoms with Crippen LogP contribution in [0.2, 0.25) is 0 Å². The zero-order valence-corrected chi connectivity index (χ0v) is 16.5. The molecule has 7 nitrogen and oxygen atoms in total. The molecular weight excluding hydrogens is 372 g/mol. The highest BCUT2D eigenvalue weighted by Crippen LogP contribution is 2.46. The van der Waals surface area contributed by atoms with E-state index in [-0.39, 0.29) is 11.8 Å². The number of hydrogen-bond donors (Lipinski definition) is 2. The SMILES string of the molecule is COC(=O)c1ccc(NC(=O)C2(C(=O)NCCc3ccc(OC)cc3)CC2)cc1. The molecule has 1 aliphatic rings. The maximum atomic E-state index is 12.6. The molecule has 29 heavy (non-hydrogen) atoms. The summed E-state index contributed by atoms with van der Waals surface area (Å²) in [5.41, 5.74) is 0.981. The molecule has 0 spiro atoms. The molecule has 2 aromatic carbocycles. The normalized spacial score (nSPS) is 13.9. The predicted molar refractivity (Wildman–Crippen MR) is 108 cm³/mol. The third-order valence-electron chi connectivity index (χ3n) is 5.04. The summed E-state index contributed by atoms with van der Waals surface area (Å²) in [7, 11) is 2.92. The molecule has 0 bridgehead atoms. The Balaban J connectivity index is 1.52. The van der Waals surface area contributed by atoms with Gasteiger partial charge in [-0.15, -0.1) is 0 Å². The fourth-order valence-corrected chi connectivity index (χ4v) is 3.02. The second-order valence-corrected chi connectivity index (χ2v) is 6.96. The summed E-state index contributed by atoms with van der Waals surface area (Å²) in [6, 6.07) is 14.0. The summed E-state index contributed by atoms with van der Waals surface area (Å²) in [5, 5.41) is 5.63. The molecule has 0 aliphatic heterocycles. The van der Waals surface area contributed by atoms with Crippen LogP contribution in [0.5, 0.6) is 5.75 Å². The smallest absolute Gasteiger partial charge is 0.337 e. The lowest BCUT2D eigenvalue weighted by Crippen LogP contribution is -2.40. The van der Waals surface area contributed by atoms with E-state index in [0.29, 0.717) is 37.1 Å². The van der Waals surface area contributed by atoms with Gasteiger partial charge in [-0.25, -0.2) is 4.79 Å². The lowest BCUT2D eigenvalue weighted by Gasteiger charge is -2.15. The van der Waals surface area contributed by atoms with E-state index >= 15 is 0 Å². The maximum Gasteiger partial charge on any atom is 0.337 e. The Hall–Kier alpha value is -3.35. The van der Waals surface area contributed by atoms with Gasteiger partial charge >= 0.3 is 5.97 Å². The van der Waals surface area contributed by atoms with Crippen LogP contribution >= 0.6 is 0 Å². The zero-order valence-electron chi connectivity index (χ0n) is 16.5. The molecule has 1 saturated carbocycles. The second-order valence-electron chi connectivity index (χ2n) is 6.96. The molecule has 0 atom stereocenters. The Labute approximate surface area is 169 Å². The third kappa shape index (κ3) is 4.74. The molecule has 3 rings (SSSR count). The van der Waals surface area contributed by atoms with Crippen molar-refractivity contribution >= 4 is 23.5 Å². The van der Waals surface area contributed by atoms with Gasteiger partial charge in [0.1, 0.15) is 11.2 Å². The van der Waals surface area contributed by atoms with Gasteiger partial charge in [0.05, 0.1) is 19.8 Å². The molecular formula is C22H24N2O5. The number of methoxy groups -OCH3 is 2. The first kappa shape index (κ1) is 20.4. The minimum absolute atomic E-state index is 0.255. The average Bonchev–Trinajstić information content (AvgIpc) is 3.56. The monoisotopic (exact) mass is 396 g/mol. The van der Waals surface area contributed by atoms with Crippen molar-refractivity contribution in [2.75, 3.05) is 26.1 Å². The number of nitrogens with one attached hydrogen (secondary N) is 2. The number of anilines is 1. The molecule has 0 heterocycles. The highest BCUT2D eigenvalue weighted by atomic mass is 16.5. The molecule has 1 fully saturated rings. The van der Waals surface area contributed by atoms with Gasteiger partial charge in [0.2, 0.25) is 11.8 Å². The Bertz CT molecular complexity index is 886. The summed E-state index contributed by atoms with van der Waals surface area (Å²) in [5.74, 6) is -0.247. The lowest BCUT2D eigenvalue weighted by atomic mass is 10.0. The van der Waals surface area contributed by atoms with Crippen LogP contribution < -0.4 is 15.4 Å². The van der Waals surface area contributed by atoms with E-state index in [1.165, 1.54) is 7.11 Å². The molecule has 2 aromatic rings. The molecule has 152 valence electrons. The number of carbonyl (C=O) groups excluding carboxylic acids is 3. The fraction of sp³-hybridized carbons (Fsp3) is 0.318. The molecule has 2 amide bonds. The molecule has 0 saturated heterocycles. The van der Waals surface area contributed by atoms with Crippen LogP contribution in [0, 0.1) is 5.41 Å². The van der Waals surface area contributed by atoms with Gasteiger partial charge in [0.25, 0.3) is 0 Å². The lowest BCUT2D eigenvalue weighted by molar-refractivity contribution is -0.134. The van der Waals surface area contributed by atoms with Gasteiger partial charge in [-0.05, 0) is 61.2 Å². The quantitative estimate of drug-likeness (QED) is 0.528. The summed E-state index contributed by atoms with van der Waals surface area (Å²) >= 11 is 0. The highest BCUT2D eigenvalue weighted by molar-refractivity contribution is 6.13. The van der Waals surface area contributed by atoms with E-state index < -0.39 is 11.4 Å². The molecule has 0 aromatic heterocycles. The first-order valence-corrected chi connectivity index (χ1v) is 9.39. The first-order chi connectivity index (χ1) is 14.0. The second kappa shape index (κ2) is 8.77. The van der Waals surface area contributed by atoms with Crippen molar-refractivity contribution in [2.45, 2.75) is 19.3 Å². The Morgan fingerprint density at radius 2 is 1.59 bits per heavy atom. The van der Waals surface area contributed by atoms with Crippen LogP contribution in [0.4, 0.5) is 5.69 Å². The van der Waals surface area contributed by atoms with Crippen LogP contribution in [-0.2, 0) is 20.7 Å². The van der Waals surface area contributed by atoms with E-state index in [9.17, 15) is 14.4 Å². The number of rotatable bonds is 8. The zero-order chi connectivity index (χ0) is 20.9. The highest BCUT2D eigenvalue weighted by Gasteiger charge is 2.56. The first-order valence-electron chi connectivity index (χ1n) is 9.39. The molecule has 0 radical (unpaired) electrons. The summed E-state index contributed by atoms with van der Waals surface area (Å²) < 4.78 is 9.78. The van der Waals surface area contributed by atoms with Crippen LogP contribution in [0.15, 0.2) is 48.5 Å². The van der Waals surface area contributed by atoms with E-state index in [1.807, 2.05) is 24.3 Å². The topological polar surface area (TPSA) is 93.7 Å². The average molecular weight is 396 g/mol. The van der Waals surface area contributed by atoms with Crippen molar-refractivity contribution in [3.63, 3.8) is 0 Å². The van der Waals surface area contributed by atoms with Gasteiger partial charge in [-0.1, -0.05) is 12.1 Å². The number of ether oxygens (including phenoxy) is 2. The molecule has 7 heteroatoms. The van der Waals surface area contributed by atoms with E-state index in [0.717, 1.165) is 11.3 Å². The van der Waals surface area contributed by atoms with Crippen LogP contribution in [0.1, 0.15) is 28.8 Å². The number of amides is 2. The minimum atomic E-state index is -1.01. The van der Waals surface area contributed by atoms with Gasteiger partial charge in [0, 0.05) is 12.2 Å². The Morgan fingerprint density at radius 3 is 2.14 bits per heavy atom. The summed E-state index contributed by atoms with van der Waals surface area (Å²) in [6.45, 7) is 0.452. The van der Waals surface area contributed by atoms with Crippen molar-refractivity contribution in [2.24, 2.45) is 5.41 Å². The Kier molecular flexibility index (Phi) is 6.16. The van der Waals surface area contributed by atoms with Crippen LogP contribution in [0.25, 0.3) is 0 Å². The van der Waals surface area contributed by atoms with Crippen molar-refractivity contribution in [3.8, 4) is 5.75 Å². The third-order valence-corrected chi connectivity index (χ3v) is 5.04. The van der Waals surface area contributed by atoms with Crippen molar-refractivity contribution < 1.29 is 23.9 Å². The number of benzene rings is 2. The largest absolute Gasteiger partial charge is 0.497 e.